The van der Waals surface area contributed by atoms with Crippen molar-refractivity contribution in [3.63, 3.8) is 0 Å². The lowest BCUT2D eigenvalue weighted by Crippen LogP contribution is -2.20. The number of aryl methyl sites for hydroxylation is 1. The number of rotatable bonds is 2. The summed E-state index contributed by atoms with van der Waals surface area (Å²) in [6.45, 7) is 5.46. The molecule has 0 saturated heterocycles. The molecule has 0 radical (unpaired) electrons. The average molecular weight is 182 g/mol. The van der Waals surface area contributed by atoms with Crippen LogP contribution < -0.4 is 0 Å². The van der Waals surface area contributed by atoms with Crippen molar-refractivity contribution in [3.8, 4) is 0 Å². The first-order valence-electron chi connectivity index (χ1n) is 4.46. The van der Waals surface area contributed by atoms with Crippen LogP contribution in [0.15, 0.2) is 18.2 Å². The van der Waals surface area contributed by atoms with E-state index in [0.29, 0.717) is 6.42 Å². The van der Waals surface area contributed by atoms with Crippen LogP contribution in [0.2, 0.25) is 0 Å². The number of aliphatic hydroxyl groups is 1. The highest BCUT2D eigenvalue weighted by Gasteiger charge is 2.22. The average Bonchev–Trinajstić information content (AvgIpc) is 2.03. The number of hydrogen-bond donors (Lipinski definition) is 1. The molecule has 1 nitrogen and oxygen atoms in total. The normalized spacial score (nSPS) is 15.5. The summed E-state index contributed by atoms with van der Waals surface area (Å²) in [6.07, 6.45) is 0.624. The molecule has 0 aliphatic carbocycles. The van der Waals surface area contributed by atoms with E-state index in [-0.39, 0.29) is 5.82 Å². The minimum atomic E-state index is -0.849. The van der Waals surface area contributed by atoms with E-state index in [1.165, 1.54) is 12.1 Å². The van der Waals surface area contributed by atoms with Crippen LogP contribution in [-0.4, -0.2) is 5.11 Å². The molecular formula is C11H15FO. The Labute approximate surface area is 78.2 Å². The molecule has 0 aliphatic heterocycles. The van der Waals surface area contributed by atoms with Crippen LogP contribution >= 0.6 is 0 Å². The van der Waals surface area contributed by atoms with E-state index in [1.54, 1.807) is 13.0 Å². The van der Waals surface area contributed by atoms with Crippen molar-refractivity contribution in [2.45, 2.75) is 32.8 Å². The van der Waals surface area contributed by atoms with Crippen LogP contribution in [0.4, 0.5) is 4.39 Å². The number of benzene rings is 1. The van der Waals surface area contributed by atoms with E-state index in [1.807, 2.05) is 13.8 Å². The summed E-state index contributed by atoms with van der Waals surface area (Å²) in [5, 5.41) is 9.94. The topological polar surface area (TPSA) is 20.2 Å². The predicted molar refractivity (Wildman–Crippen MR) is 51.0 cm³/mol. The fourth-order valence-corrected chi connectivity index (χ4v) is 1.42. The van der Waals surface area contributed by atoms with Crippen LogP contribution in [-0.2, 0) is 5.60 Å². The van der Waals surface area contributed by atoms with E-state index < -0.39 is 5.60 Å². The quantitative estimate of drug-likeness (QED) is 0.745. The maximum atomic E-state index is 12.8. The van der Waals surface area contributed by atoms with Crippen LogP contribution in [0.25, 0.3) is 0 Å². The molecule has 1 rings (SSSR count). The van der Waals surface area contributed by atoms with Crippen molar-refractivity contribution in [3.05, 3.63) is 35.1 Å². The summed E-state index contributed by atoms with van der Waals surface area (Å²) in [7, 11) is 0. The first-order valence-corrected chi connectivity index (χ1v) is 4.46. The van der Waals surface area contributed by atoms with Gasteiger partial charge in [0.15, 0.2) is 0 Å². The van der Waals surface area contributed by atoms with Gasteiger partial charge in [-0.2, -0.15) is 0 Å². The summed E-state index contributed by atoms with van der Waals surface area (Å²) < 4.78 is 12.8. The molecule has 1 N–H and O–H groups in total. The third-order valence-corrected chi connectivity index (χ3v) is 2.46. The Morgan fingerprint density at radius 1 is 1.46 bits per heavy atom. The van der Waals surface area contributed by atoms with Crippen LogP contribution in [0.5, 0.6) is 0 Å². The molecule has 0 bridgehead atoms. The van der Waals surface area contributed by atoms with Crippen LogP contribution in [0.1, 0.15) is 31.4 Å². The summed E-state index contributed by atoms with van der Waals surface area (Å²) in [5.74, 6) is -0.256. The van der Waals surface area contributed by atoms with Gasteiger partial charge in [0.2, 0.25) is 0 Å². The van der Waals surface area contributed by atoms with Gasteiger partial charge >= 0.3 is 0 Å². The molecule has 0 unspecified atom stereocenters. The first-order chi connectivity index (χ1) is 5.97. The summed E-state index contributed by atoms with van der Waals surface area (Å²) >= 11 is 0. The molecule has 2 heteroatoms. The predicted octanol–water partition coefficient (Wildman–Crippen LogP) is 2.75. The zero-order valence-electron chi connectivity index (χ0n) is 8.26. The second-order valence-electron chi connectivity index (χ2n) is 3.59. The third-order valence-electron chi connectivity index (χ3n) is 2.46. The van der Waals surface area contributed by atoms with Crippen molar-refractivity contribution in [2.75, 3.05) is 0 Å². The lowest BCUT2D eigenvalue weighted by molar-refractivity contribution is 0.0524. The van der Waals surface area contributed by atoms with Gasteiger partial charge in [0.05, 0.1) is 5.60 Å². The minimum absolute atomic E-state index is 0.256. The first kappa shape index (κ1) is 10.2. The van der Waals surface area contributed by atoms with Gasteiger partial charge in [0, 0.05) is 0 Å². The lowest BCUT2D eigenvalue weighted by atomic mass is 9.90. The maximum absolute atomic E-state index is 12.8. The van der Waals surface area contributed by atoms with Gasteiger partial charge in [-0.1, -0.05) is 13.0 Å². The lowest BCUT2D eigenvalue weighted by Gasteiger charge is -2.23. The van der Waals surface area contributed by atoms with Crippen molar-refractivity contribution >= 4 is 0 Å². The van der Waals surface area contributed by atoms with Crippen molar-refractivity contribution in [2.24, 2.45) is 0 Å². The second kappa shape index (κ2) is 3.46. The Kier molecular flexibility index (Phi) is 2.71. The van der Waals surface area contributed by atoms with E-state index >= 15 is 0 Å². The Hall–Kier alpha value is -0.890. The molecule has 72 valence electrons. The molecule has 0 spiro atoms. The molecule has 1 aromatic rings. The van der Waals surface area contributed by atoms with Crippen LogP contribution in [0, 0.1) is 12.7 Å². The summed E-state index contributed by atoms with van der Waals surface area (Å²) in [6, 6.07) is 4.47. The monoisotopic (exact) mass is 182 g/mol. The SMILES string of the molecule is CC[C@](C)(O)c1ccc(F)cc1C. The maximum Gasteiger partial charge on any atom is 0.123 e. The van der Waals surface area contributed by atoms with E-state index in [2.05, 4.69) is 0 Å². The second-order valence-corrected chi connectivity index (χ2v) is 3.59. The van der Waals surface area contributed by atoms with Crippen molar-refractivity contribution in [1.29, 1.82) is 0 Å². The molecule has 0 saturated carbocycles. The zero-order valence-corrected chi connectivity index (χ0v) is 8.26. The Morgan fingerprint density at radius 3 is 2.54 bits per heavy atom. The van der Waals surface area contributed by atoms with Gasteiger partial charge in [-0.3, -0.25) is 0 Å². The van der Waals surface area contributed by atoms with Gasteiger partial charge in [0.25, 0.3) is 0 Å². The van der Waals surface area contributed by atoms with E-state index in [9.17, 15) is 9.50 Å². The van der Waals surface area contributed by atoms with Gasteiger partial charge in [-0.05, 0) is 43.5 Å². The zero-order chi connectivity index (χ0) is 10.1. The van der Waals surface area contributed by atoms with E-state index in [4.69, 9.17) is 0 Å². The molecule has 0 fully saturated rings. The molecule has 0 heterocycles. The molecule has 1 atom stereocenters. The van der Waals surface area contributed by atoms with Gasteiger partial charge in [0.1, 0.15) is 5.82 Å². The highest BCUT2D eigenvalue weighted by atomic mass is 19.1. The molecule has 0 aromatic heterocycles. The smallest absolute Gasteiger partial charge is 0.123 e. The Bertz CT molecular complexity index is 305. The third kappa shape index (κ3) is 2.07. The van der Waals surface area contributed by atoms with E-state index in [0.717, 1.165) is 11.1 Å². The van der Waals surface area contributed by atoms with Crippen molar-refractivity contribution in [1.82, 2.24) is 0 Å². The van der Waals surface area contributed by atoms with Gasteiger partial charge in [-0.25, -0.2) is 4.39 Å². The standard InChI is InChI=1S/C11H15FO/c1-4-11(3,13)10-6-5-9(12)7-8(10)2/h5-7,13H,4H2,1-3H3/t11-/m0/s1. The molecule has 13 heavy (non-hydrogen) atoms. The number of halogens is 1. The Morgan fingerprint density at radius 2 is 2.08 bits per heavy atom. The highest BCUT2D eigenvalue weighted by Crippen LogP contribution is 2.27. The number of hydrogen-bond acceptors (Lipinski definition) is 1. The summed E-state index contributed by atoms with van der Waals surface area (Å²) in [5.41, 5.74) is 0.751. The highest BCUT2D eigenvalue weighted by molar-refractivity contribution is 5.31. The summed E-state index contributed by atoms with van der Waals surface area (Å²) in [4.78, 5) is 0. The fraction of sp³-hybridized carbons (Fsp3) is 0.455. The largest absolute Gasteiger partial charge is 0.385 e. The molecule has 1 aromatic carbocycles. The molecule has 0 amide bonds. The molecule has 0 aliphatic rings. The minimum Gasteiger partial charge on any atom is -0.385 e. The van der Waals surface area contributed by atoms with Gasteiger partial charge < -0.3 is 5.11 Å². The fourth-order valence-electron chi connectivity index (χ4n) is 1.42. The van der Waals surface area contributed by atoms with Crippen molar-refractivity contribution < 1.29 is 9.50 Å². The molecular weight excluding hydrogens is 167 g/mol. The van der Waals surface area contributed by atoms with Gasteiger partial charge in [-0.15, -0.1) is 0 Å². The Balaban J connectivity index is 3.16. The van der Waals surface area contributed by atoms with Crippen LogP contribution in [0.3, 0.4) is 0 Å².